The van der Waals surface area contributed by atoms with Crippen molar-refractivity contribution >= 4 is 74.4 Å². The first-order valence-electron chi connectivity index (χ1n) is 24.7. The molecule has 77 heavy (non-hydrogen) atoms. The van der Waals surface area contributed by atoms with Crippen LogP contribution >= 0.6 is 22.9 Å². The second kappa shape index (κ2) is 26.0. The number of hydrazine groups is 1. The molecule has 24 heteroatoms. The number of nitrogens with one attached hydrogen (secondary N) is 5. The fraction of sp³-hybridized carbons (Fsp3) is 0.396. The van der Waals surface area contributed by atoms with Gasteiger partial charge in [-0.05, 0) is 61.9 Å². The third kappa shape index (κ3) is 18.1. The first kappa shape index (κ1) is 57.8. The third-order valence-electron chi connectivity index (χ3n) is 12.0. The largest absolute Gasteiger partial charge is 0.573 e. The summed E-state index contributed by atoms with van der Waals surface area (Å²) >= 11 is 7.52. The van der Waals surface area contributed by atoms with Crippen molar-refractivity contribution in [2.24, 2.45) is 16.7 Å². The van der Waals surface area contributed by atoms with Crippen molar-refractivity contribution in [3.63, 3.8) is 0 Å². The summed E-state index contributed by atoms with van der Waals surface area (Å²) in [6.45, 7) is 18.2. The van der Waals surface area contributed by atoms with Crippen LogP contribution in [0, 0.1) is 30.1 Å². The smallest absolute Gasteiger partial charge is 0.406 e. The first-order valence-corrected chi connectivity index (χ1v) is 25.9. The van der Waals surface area contributed by atoms with Gasteiger partial charge in [-0.1, -0.05) is 74.9 Å². The van der Waals surface area contributed by atoms with Crippen molar-refractivity contribution in [3.05, 3.63) is 118 Å². The van der Waals surface area contributed by atoms with E-state index in [0.717, 1.165) is 44.1 Å². The number of piperazine rings is 1. The summed E-state index contributed by atoms with van der Waals surface area (Å²) in [5.41, 5.74) is 3.18. The molecular formula is C53H64ClF3N14O5S. The summed E-state index contributed by atoms with van der Waals surface area (Å²) in [7, 11) is 0. The van der Waals surface area contributed by atoms with Gasteiger partial charge in [0.15, 0.2) is 5.13 Å². The lowest BCUT2D eigenvalue weighted by Gasteiger charge is -2.35. The van der Waals surface area contributed by atoms with Gasteiger partial charge in [-0.25, -0.2) is 29.9 Å². The summed E-state index contributed by atoms with van der Waals surface area (Å²) in [6, 6.07) is 21.3. The van der Waals surface area contributed by atoms with Crippen LogP contribution in [0.5, 0.6) is 5.75 Å². The monoisotopic (exact) mass is 1100 g/mol. The zero-order valence-corrected chi connectivity index (χ0v) is 45.3. The highest BCUT2D eigenvalue weighted by Gasteiger charge is 2.31. The number of rotatable bonds is 25. The minimum Gasteiger partial charge on any atom is -0.406 e. The minimum absolute atomic E-state index is 0.170. The number of thiazole rings is 1. The molecule has 4 heterocycles. The number of halogens is 4. The van der Waals surface area contributed by atoms with Crippen LogP contribution in [-0.4, -0.2) is 138 Å². The fourth-order valence-electron chi connectivity index (χ4n) is 8.19. The Morgan fingerprint density at radius 3 is 2.34 bits per heavy atom. The van der Waals surface area contributed by atoms with Crippen LogP contribution in [0.3, 0.4) is 0 Å². The van der Waals surface area contributed by atoms with Gasteiger partial charge in [0, 0.05) is 85.6 Å². The van der Waals surface area contributed by atoms with Gasteiger partial charge in [-0.3, -0.25) is 20.3 Å². The van der Waals surface area contributed by atoms with Crippen LogP contribution in [0.25, 0.3) is 11.3 Å². The van der Waals surface area contributed by atoms with E-state index < -0.39 is 11.8 Å². The highest BCUT2D eigenvalue weighted by molar-refractivity contribution is 7.17. The third-order valence-corrected chi connectivity index (χ3v) is 13.2. The van der Waals surface area contributed by atoms with E-state index in [-0.39, 0.29) is 36.1 Å². The number of carbonyl (C=O) groups is 2. The molecule has 0 bridgehead atoms. The molecule has 0 atom stereocenters. The summed E-state index contributed by atoms with van der Waals surface area (Å²) in [6.07, 6.45) is -1.91. The van der Waals surface area contributed by atoms with Crippen molar-refractivity contribution in [2.45, 2.75) is 47.9 Å². The van der Waals surface area contributed by atoms with E-state index in [0.29, 0.717) is 99.3 Å². The van der Waals surface area contributed by atoms with Crippen molar-refractivity contribution < 1.29 is 37.0 Å². The number of nitrogens with two attached hydrogens (primary N) is 1. The molecule has 3 aromatic heterocycles. The Labute approximate surface area is 454 Å². The molecule has 3 aromatic carbocycles. The van der Waals surface area contributed by atoms with Gasteiger partial charge < -0.3 is 45.8 Å². The molecule has 0 unspecified atom stereocenters. The molecule has 0 radical (unpaired) electrons. The lowest BCUT2D eigenvalue weighted by Crippen LogP contribution is -2.48. The zero-order valence-electron chi connectivity index (χ0n) is 43.8. The maximum absolute atomic E-state index is 13.3. The number of benzene rings is 3. The number of hydrogen-bond donors (Lipinski definition) is 6. The number of aromatic nitrogens is 5. The van der Waals surface area contributed by atoms with Crippen LogP contribution in [0.15, 0.2) is 91.4 Å². The number of carbonyl (C=O) groups excluding carboxylic acids is 2. The highest BCUT2D eigenvalue weighted by atomic mass is 35.5. The van der Waals surface area contributed by atoms with Gasteiger partial charge in [-0.2, -0.15) is 0 Å². The van der Waals surface area contributed by atoms with Gasteiger partial charge in [-0.15, -0.1) is 13.2 Å². The van der Waals surface area contributed by atoms with E-state index >= 15 is 0 Å². The molecule has 7 N–H and O–H groups in total. The Hall–Kier alpha value is -6.86. The summed E-state index contributed by atoms with van der Waals surface area (Å²) in [5.74, 6) is 7.87. The van der Waals surface area contributed by atoms with Gasteiger partial charge in [0.2, 0.25) is 0 Å². The maximum Gasteiger partial charge on any atom is 0.573 e. The molecule has 1 fully saturated rings. The van der Waals surface area contributed by atoms with E-state index in [1.54, 1.807) is 35.3 Å². The Balaban J connectivity index is 0.761. The predicted octanol–water partition coefficient (Wildman–Crippen LogP) is 9.13. The van der Waals surface area contributed by atoms with Gasteiger partial charge in [0.25, 0.3) is 11.8 Å². The van der Waals surface area contributed by atoms with E-state index in [1.165, 1.54) is 48.1 Å². The molecule has 19 nitrogen and oxygen atoms in total. The van der Waals surface area contributed by atoms with Crippen molar-refractivity contribution in [1.29, 1.82) is 5.41 Å². The van der Waals surface area contributed by atoms with Crippen LogP contribution in [-0.2, 0) is 9.47 Å². The van der Waals surface area contributed by atoms with E-state index in [1.807, 2.05) is 65.8 Å². The molecule has 7 rings (SSSR count). The SMILES string of the molecule is Cc1nc(Nc2ncc(C(=O)Nc3c(C)cccc3Cl)s2)cc(N2CCN(CCOCC(=N)CN(N)CC(C)(C)COCC(C)(C)CNC(=O)c3cccc(-c4cc(Nc5ccc(OC(F)(F)F)cc5)ncn4)c3)CC2)n1. The molecule has 1 aliphatic rings. The molecular weight excluding hydrogens is 1040 g/mol. The fourth-order valence-corrected chi connectivity index (χ4v) is 9.18. The molecule has 2 amide bonds. The normalized spacial score (nSPS) is 13.4. The number of anilines is 6. The second-order valence-corrected chi connectivity index (χ2v) is 21.6. The second-order valence-electron chi connectivity index (χ2n) is 20.2. The molecule has 410 valence electrons. The molecule has 6 aromatic rings. The average Bonchev–Trinajstić information content (AvgIpc) is 3.84. The highest BCUT2D eigenvalue weighted by Crippen LogP contribution is 2.30. The number of ether oxygens (including phenoxy) is 3. The van der Waals surface area contributed by atoms with Crippen LogP contribution in [0.1, 0.15) is 59.1 Å². The number of nitrogens with zero attached hydrogens (tertiary/aromatic N) is 8. The summed E-state index contributed by atoms with van der Waals surface area (Å²) in [4.78, 5) is 53.5. The first-order chi connectivity index (χ1) is 36.5. The van der Waals surface area contributed by atoms with Gasteiger partial charge in [0.1, 0.15) is 40.2 Å². The van der Waals surface area contributed by atoms with Crippen molar-refractivity contribution in [2.75, 3.05) is 99.6 Å². The molecule has 0 spiro atoms. The van der Waals surface area contributed by atoms with Gasteiger partial charge in [0.05, 0.1) is 61.3 Å². The maximum atomic E-state index is 13.3. The summed E-state index contributed by atoms with van der Waals surface area (Å²) < 4.78 is 53.7. The Kier molecular flexibility index (Phi) is 19.5. The van der Waals surface area contributed by atoms with E-state index in [9.17, 15) is 22.8 Å². The average molecular weight is 1100 g/mol. The van der Waals surface area contributed by atoms with E-state index in [4.69, 9.17) is 37.3 Å². The number of hydrogen-bond acceptors (Lipinski definition) is 18. The van der Waals surface area contributed by atoms with Crippen LogP contribution < -0.4 is 36.7 Å². The number of aryl methyl sites for hydroxylation is 2. The van der Waals surface area contributed by atoms with Crippen molar-refractivity contribution in [3.8, 4) is 17.0 Å². The number of alkyl halides is 3. The minimum atomic E-state index is -4.79. The predicted molar refractivity (Wildman–Crippen MR) is 294 cm³/mol. The standard InChI is InChI=1S/C53H64ClF3N14O5S/c1-34-9-7-12-41(54)47(34)68-49(73)43-26-60-50(77-43)67-45-25-46(65-35(2)64-45)70-19-17-69(18-20-70)21-22-74-28-38(58)27-71(59)30-52(5,6)32-75-31-51(3,4)29-61-48(72)37-11-8-10-36(23-37)42-24-44(63-33-62-42)66-39-13-15-40(16-14-39)76-53(55,56)57/h7-16,23-26,33,58H,17-22,27-32,59H2,1-6H3,(H,61,72)(H,68,73)(H,62,63,66)(H,60,64,65,67). The molecule has 0 saturated carbocycles. The Morgan fingerprint density at radius 2 is 1.60 bits per heavy atom. The Bertz CT molecular complexity index is 2960. The quantitative estimate of drug-likeness (QED) is 0.0136. The van der Waals surface area contributed by atoms with Crippen molar-refractivity contribution in [1.82, 2.24) is 40.1 Å². The van der Waals surface area contributed by atoms with Crippen LogP contribution in [0.2, 0.25) is 5.02 Å². The lowest BCUT2D eigenvalue weighted by atomic mass is 9.92. The topological polar surface area (TPSA) is 234 Å². The number of amides is 2. The summed E-state index contributed by atoms with van der Waals surface area (Å²) in [5, 5.41) is 23.3. The van der Waals surface area contributed by atoms with Crippen LogP contribution in [0.4, 0.5) is 47.1 Å². The zero-order chi connectivity index (χ0) is 55.3. The molecule has 1 saturated heterocycles. The lowest BCUT2D eigenvalue weighted by molar-refractivity contribution is -0.274. The molecule has 1 aliphatic heterocycles. The number of para-hydroxylation sites is 1. The Morgan fingerprint density at radius 1 is 0.857 bits per heavy atom. The van der Waals surface area contributed by atoms with Gasteiger partial charge >= 0.3 is 6.36 Å². The van der Waals surface area contributed by atoms with E-state index in [2.05, 4.69) is 55.7 Å². The molecule has 0 aliphatic carbocycles.